The Morgan fingerprint density at radius 2 is 2.15 bits per heavy atom. The fourth-order valence-corrected chi connectivity index (χ4v) is 4.64. The molecule has 8 heteroatoms. The molecule has 0 amide bonds. The van der Waals surface area contributed by atoms with Crippen LogP contribution in [-0.2, 0) is 16.6 Å². The molecule has 3 N–H and O–H groups in total. The molecule has 112 valence electrons. The van der Waals surface area contributed by atoms with Crippen LogP contribution in [0.2, 0.25) is 0 Å². The molecule has 0 aliphatic carbocycles. The Morgan fingerprint density at radius 1 is 1.40 bits per heavy atom. The van der Waals surface area contributed by atoms with E-state index in [0.717, 1.165) is 30.7 Å². The van der Waals surface area contributed by atoms with Crippen molar-refractivity contribution >= 4 is 21.8 Å². The zero-order valence-electron chi connectivity index (χ0n) is 10.7. The van der Waals surface area contributed by atoms with E-state index in [2.05, 4.69) is 4.72 Å². The Hall–Kier alpha value is -0.700. The molecule has 1 fully saturated rings. The first-order valence-corrected chi connectivity index (χ1v) is 8.86. The van der Waals surface area contributed by atoms with E-state index in [9.17, 15) is 17.2 Å². The summed E-state index contributed by atoms with van der Waals surface area (Å²) in [6, 6.07) is 1.64. The standard InChI is InChI=1S/C12H16F2N2O2S2/c13-10-3-4-11(12(14)9(10)6-15)20(17,18)16-8-2-1-5-19-7-8/h3-4,8,16H,1-2,5-7,15H2. The molecule has 1 saturated heterocycles. The Morgan fingerprint density at radius 3 is 2.75 bits per heavy atom. The highest BCUT2D eigenvalue weighted by Crippen LogP contribution is 2.23. The summed E-state index contributed by atoms with van der Waals surface area (Å²) in [7, 11) is -4.00. The van der Waals surface area contributed by atoms with Crippen molar-refractivity contribution in [3.05, 3.63) is 29.3 Å². The third kappa shape index (κ3) is 3.30. The first kappa shape index (κ1) is 15.7. The second-order valence-electron chi connectivity index (χ2n) is 4.58. The summed E-state index contributed by atoms with van der Waals surface area (Å²) in [6.45, 7) is -0.389. The van der Waals surface area contributed by atoms with Crippen LogP contribution in [0.5, 0.6) is 0 Å². The number of thioether (sulfide) groups is 1. The van der Waals surface area contributed by atoms with E-state index in [1.807, 2.05) is 0 Å². The summed E-state index contributed by atoms with van der Waals surface area (Å²) in [6.07, 6.45) is 1.64. The van der Waals surface area contributed by atoms with Gasteiger partial charge in [-0.3, -0.25) is 0 Å². The van der Waals surface area contributed by atoms with E-state index in [4.69, 9.17) is 5.73 Å². The SMILES string of the molecule is NCc1c(F)ccc(S(=O)(=O)NC2CCCSC2)c1F. The number of sulfonamides is 1. The van der Waals surface area contributed by atoms with Crippen molar-refractivity contribution in [3.8, 4) is 0 Å². The highest BCUT2D eigenvalue weighted by Gasteiger charge is 2.26. The zero-order valence-corrected chi connectivity index (χ0v) is 12.4. The lowest BCUT2D eigenvalue weighted by Gasteiger charge is -2.22. The molecule has 1 atom stereocenters. The second kappa shape index (κ2) is 6.38. The zero-order chi connectivity index (χ0) is 14.8. The molecular formula is C12H16F2N2O2S2. The van der Waals surface area contributed by atoms with Crippen LogP contribution in [0.4, 0.5) is 8.78 Å². The van der Waals surface area contributed by atoms with Gasteiger partial charge in [0.25, 0.3) is 0 Å². The van der Waals surface area contributed by atoms with Crippen LogP contribution >= 0.6 is 11.8 Å². The Labute approximate surface area is 121 Å². The van der Waals surface area contributed by atoms with Crippen molar-refractivity contribution in [3.63, 3.8) is 0 Å². The molecule has 1 aromatic rings. The lowest BCUT2D eigenvalue weighted by atomic mass is 10.2. The summed E-state index contributed by atoms with van der Waals surface area (Å²) in [5.41, 5.74) is 4.84. The maximum Gasteiger partial charge on any atom is 0.243 e. The van der Waals surface area contributed by atoms with Gasteiger partial charge < -0.3 is 5.73 Å². The van der Waals surface area contributed by atoms with Gasteiger partial charge in [-0.2, -0.15) is 11.8 Å². The highest BCUT2D eigenvalue weighted by molar-refractivity contribution is 7.99. The second-order valence-corrected chi connectivity index (χ2v) is 7.41. The van der Waals surface area contributed by atoms with E-state index >= 15 is 0 Å². The van der Waals surface area contributed by atoms with Crippen molar-refractivity contribution in [2.24, 2.45) is 5.73 Å². The summed E-state index contributed by atoms with van der Waals surface area (Å²) < 4.78 is 54.2. The highest BCUT2D eigenvalue weighted by atomic mass is 32.2. The fraction of sp³-hybridized carbons (Fsp3) is 0.500. The quantitative estimate of drug-likeness (QED) is 0.883. The molecule has 0 saturated carbocycles. The average Bonchev–Trinajstić information content (AvgIpc) is 2.39. The van der Waals surface area contributed by atoms with Gasteiger partial charge in [-0.15, -0.1) is 0 Å². The van der Waals surface area contributed by atoms with Gasteiger partial charge in [-0.05, 0) is 30.7 Å². The van der Waals surface area contributed by atoms with Gasteiger partial charge in [0.2, 0.25) is 10.0 Å². The molecule has 4 nitrogen and oxygen atoms in total. The molecule has 20 heavy (non-hydrogen) atoms. The monoisotopic (exact) mass is 322 g/mol. The van der Waals surface area contributed by atoms with Crippen LogP contribution in [-0.4, -0.2) is 26.0 Å². The number of halogens is 2. The lowest BCUT2D eigenvalue weighted by Crippen LogP contribution is -2.38. The molecule has 1 aromatic carbocycles. The molecule has 0 spiro atoms. The van der Waals surface area contributed by atoms with Gasteiger partial charge in [0.15, 0.2) is 5.82 Å². The summed E-state index contributed by atoms with van der Waals surface area (Å²) in [5.74, 6) is -0.285. The van der Waals surface area contributed by atoms with E-state index in [1.54, 1.807) is 11.8 Å². The summed E-state index contributed by atoms with van der Waals surface area (Å²) in [4.78, 5) is -0.546. The van der Waals surface area contributed by atoms with Crippen LogP contribution < -0.4 is 10.5 Å². The van der Waals surface area contributed by atoms with Gasteiger partial charge in [0, 0.05) is 23.9 Å². The van der Waals surface area contributed by atoms with Crippen LogP contribution in [0.1, 0.15) is 18.4 Å². The van der Waals surface area contributed by atoms with Gasteiger partial charge >= 0.3 is 0 Å². The predicted octanol–water partition coefficient (Wildman–Crippen LogP) is 1.60. The van der Waals surface area contributed by atoms with Crippen molar-refractivity contribution in [2.45, 2.75) is 30.3 Å². The normalized spacial score (nSPS) is 20.1. The van der Waals surface area contributed by atoms with Gasteiger partial charge in [-0.1, -0.05) is 0 Å². The van der Waals surface area contributed by atoms with E-state index in [-0.39, 0.29) is 12.6 Å². The molecule has 0 bridgehead atoms. The number of nitrogens with one attached hydrogen (secondary N) is 1. The summed E-state index contributed by atoms with van der Waals surface area (Å²) >= 11 is 1.65. The minimum Gasteiger partial charge on any atom is -0.326 e. The van der Waals surface area contributed by atoms with E-state index in [0.29, 0.717) is 5.75 Å². The Kier molecular flexibility index (Phi) is 5.00. The first-order chi connectivity index (χ1) is 9.45. The number of nitrogens with two attached hydrogens (primary N) is 1. The third-order valence-electron chi connectivity index (χ3n) is 3.13. The van der Waals surface area contributed by atoms with Crippen molar-refractivity contribution in [1.82, 2.24) is 4.72 Å². The molecule has 1 aliphatic rings. The van der Waals surface area contributed by atoms with E-state index in [1.165, 1.54) is 0 Å². The third-order valence-corrected chi connectivity index (χ3v) is 5.88. The maximum atomic E-state index is 14.0. The molecule has 1 heterocycles. The minimum absolute atomic E-state index is 0.218. The van der Waals surface area contributed by atoms with Gasteiger partial charge in [-0.25, -0.2) is 21.9 Å². The minimum atomic E-state index is -4.00. The average molecular weight is 322 g/mol. The number of benzene rings is 1. The lowest BCUT2D eigenvalue weighted by molar-refractivity contribution is 0.515. The fourth-order valence-electron chi connectivity index (χ4n) is 2.09. The van der Waals surface area contributed by atoms with Crippen molar-refractivity contribution < 1.29 is 17.2 Å². The number of hydrogen-bond acceptors (Lipinski definition) is 4. The molecule has 1 unspecified atom stereocenters. The van der Waals surface area contributed by atoms with Crippen LogP contribution in [0, 0.1) is 11.6 Å². The maximum absolute atomic E-state index is 14.0. The Balaban J connectivity index is 2.29. The Bertz CT molecular complexity index is 587. The van der Waals surface area contributed by atoms with Crippen LogP contribution in [0.25, 0.3) is 0 Å². The smallest absolute Gasteiger partial charge is 0.243 e. The van der Waals surface area contributed by atoms with Gasteiger partial charge in [0.05, 0.1) is 0 Å². The van der Waals surface area contributed by atoms with Crippen molar-refractivity contribution in [1.29, 1.82) is 0 Å². The molecule has 0 radical (unpaired) electrons. The van der Waals surface area contributed by atoms with Crippen molar-refractivity contribution in [2.75, 3.05) is 11.5 Å². The van der Waals surface area contributed by atoms with Gasteiger partial charge in [0.1, 0.15) is 10.7 Å². The first-order valence-electron chi connectivity index (χ1n) is 6.22. The number of hydrogen-bond donors (Lipinski definition) is 2. The molecule has 0 aromatic heterocycles. The van der Waals surface area contributed by atoms with Crippen LogP contribution in [0.3, 0.4) is 0 Å². The number of rotatable bonds is 4. The van der Waals surface area contributed by atoms with E-state index < -0.39 is 32.1 Å². The molecule has 1 aliphatic heterocycles. The molecular weight excluding hydrogens is 306 g/mol. The summed E-state index contributed by atoms with van der Waals surface area (Å²) in [5, 5.41) is 0. The van der Waals surface area contributed by atoms with Crippen LogP contribution in [0.15, 0.2) is 17.0 Å². The predicted molar refractivity (Wildman–Crippen MR) is 74.9 cm³/mol. The molecule has 2 rings (SSSR count). The largest absolute Gasteiger partial charge is 0.326 e. The topological polar surface area (TPSA) is 72.2 Å².